The van der Waals surface area contributed by atoms with Gasteiger partial charge in [0.1, 0.15) is 12.4 Å². The molecule has 0 radical (unpaired) electrons. The second kappa shape index (κ2) is 9.69. The van der Waals surface area contributed by atoms with Crippen LogP contribution in [0.1, 0.15) is 45.2 Å². The van der Waals surface area contributed by atoms with E-state index in [1.54, 1.807) is 18.2 Å². The van der Waals surface area contributed by atoms with E-state index in [2.05, 4.69) is 0 Å². The van der Waals surface area contributed by atoms with Crippen molar-refractivity contribution in [2.24, 2.45) is 0 Å². The molecule has 0 N–H and O–H groups in total. The predicted molar refractivity (Wildman–Crippen MR) is 128 cm³/mol. The van der Waals surface area contributed by atoms with Crippen LogP contribution in [-0.4, -0.2) is 33.8 Å². The third-order valence-electron chi connectivity index (χ3n) is 5.79. The van der Waals surface area contributed by atoms with E-state index in [9.17, 15) is 18.0 Å². The fourth-order valence-electron chi connectivity index (χ4n) is 3.98. The Hall–Kier alpha value is -3.65. The molecular weight excluding hydrogens is 454 g/mol. The molecule has 3 aromatic rings. The molecule has 0 aromatic heterocycles. The Morgan fingerprint density at radius 1 is 0.971 bits per heavy atom. The highest BCUT2D eigenvalue weighted by molar-refractivity contribution is 7.92. The quantitative estimate of drug-likeness (QED) is 0.369. The number of anilines is 1. The largest absolute Gasteiger partial charge is 0.496 e. The van der Waals surface area contributed by atoms with Crippen LogP contribution in [0, 0.1) is 0 Å². The van der Waals surface area contributed by atoms with Gasteiger partial charge in [-0.25, -0.2) is 13.2 Å². The van der Waals surface area contributed by atoms with Crippen LogP contribution in [0.4, 0.5) is 5.69 Å². The first-order valence-corrected chi connectivity index (χ1v) is 12.3. The normalized spacial score (nSPS) is 13.2. The Morgan fingerprint density at radius 3 is 2.38 bits per heavy atom. The number of Topliss-reactive ketones (excluding diaryl/α,β-unsaturated/α-hetero) is 1. The molecule has 0 bridgehead atoms. The second-order valence-corrected chi connectivity index (χ2v) is 9.86. The van der Waals surface area contributed by atoms with E-state index >= 15 is 0 Å². The molecule has 1 aliphatic rings. The maximum atomic E-state index is 13.3. The molecule has 0 fully saturated rings. The van der Waals surface area contributed by atoms with Crippen LogP contribution in [0.2, 0.25) is 0 Å². The molecule has 0 amide bonds. The van der Waals surface area contributed by atoms with Gasteiger partial charge in [-0.05, 0) is 73.9 Å². The lowest BCUT2D eigenvalue weighted by atomic mass is 10.0. The number of carbonyl (C=O) groups is 2. The molecule has 0 unspecified atom stereocenters. The lowest BCUT2D eigenvalue weighted by molar-refractivity contribution is 0.0470. The number of ketones is 1. The molecule has 176 valence electrons. The number of hydrogen-bond acceptors (Lipinski definition) is 6. The summed E-state index contributed by atoms with van der Waals surface area (Å²) in [7, 11) is -2.27. The van der Waals surface area contributed by atoms with Crippen LogP contribution < -0.4 is 9.04 Å². The molecule has 0 spiro atoms. The second-order valence-electron chi connectivity index (χ2n) is 7.99. The van der Waals surface area contributed by atoms with Gasteiger partial charge in [-0.15, -0.1) is 0 Å². The van der Waals surface area contributed by atoms with Crippen molar-refractivity contribution in [2.45, 2.75) is 31.3 Å². The van der Waals surface area contributed by atoms with Crippen LogP contribution >= 0.6 is 0 Å². The average molecular weight is 480 g/mol. The number of ether oxygens (including phenoxy) is 2. The summed E-state index contributed by atoms with van der Waals surface area (Å²) in [5.74, 6) is -0.216. The zero-order valence-electron chi connectivity index (χ0n) is 19.0. The zero-order valence-corrected chi connectivity index (χ0v) is 19.8. The van der Waals surface area contributed by atoms with E-state index in [1.807, 2.05) is 24.3 Å². The van der Waals surface area contributed by atoms with Crippen molar-refractivity contribution >= 4 is 27.5 Å². The summed E-state index contributed by atoms with van der Waals surface area (Å²) in [5, 5.41) is 0. The van der Waals surface area contributed by atoms with Gasteiger partial charge in [0.15, 0.2) is 5.78 Å². The fourth-order valence-corrected chi connectivity index (χ4v) is 5.52. The van der Waals surface area contributed by atoms with E-state index in [1.165, 1.54) is 42.6 Å². The number of rotatable bonds is 7. The number of aryl methyl sites for hydroxylation is 1. The number of methoxy groups -OCH3 is 1. The fraction of sp³-hybridized carbons (Fsp3) is 0.231. The van der Waals surface area contributed by atoms with E-state index < -0.39 is 16.0 Å². The lowest BCUT2D eigenvalue weighted by Gasteiger charge is -2.30. The highest BCUT2D eigenvalue weighted by Gasteiger charge is 2.29. The van der Waals surface area contributed by atoms with Gasteiger partial charge in [0, 0.05) is 17.7 Å². The molecule has 0 saturated heterocycles. The van der Waals surface area contributed by atoms with Gasteiger partial charge in [0.25, 0.3) is 10.0 Å². The molecule has 0 atom stereocenters. The van der Waals surface area contributed by atoms with Crippen LogP contribution in [0.5, 0.6) is 5.75 Å². The van der Waals surface area contributed by atoms with Crippen LogP contribution in [0.15, 0.2) is 71.6 Å². The molecular formula is C26H25NO6S. The van der Waals surface area contributed by atoms with E-state index in [0.717, 1.165) is 18.4 Å². The van der Waals surface area contributed by atoms with E-state index in [4.69, 9.17) is 9.47 Å². The summed E-state index contributed by atoms with van der Waals surface area (Å²) in [4.78, 5) is 24.3. The topological polar surface area (TPSA) is 90.0 Å². The third kappa shape index (κ3) is 4.68. The van der Waals surface area contributed by atoms with Gasteiger partial charge in [-0.3, -0.25) is 9.10 Å². The number of benzene rings is 3. The molecule has 7 nitrogen and oxygen atoms in total. The van der Waals surface area contributed by atoms with Gasteiger partial charge in [-0.1, -0.05) is 18.2 Å². The molecule has 0 saturated carbocycles. The number of esters is 1. The van der Waals surface area contributed by atoms with E-state index in [0.29, 0.717) is 29.1 Å². The number of sulfonamides is 1. The minimum Gasteiger partial charge on any atom is -0.496 e. The van der Waals surface area contributed by atoms with Crippen molar-refractivity contribution in [3.63, 3.8) is 0 Å². The standard InChI is InChI=1S/C26H25NO6S/c1-18(28)21-11-14-25(32-2)22(16-21)17-33-26(29)20-9-12-23(13-10-20)34(30,31)27-15-5-7-19-6-3-4-8-24(19)27/h3-4,6,8-14,16H,5,7,15,17H2,1-2H3. The Balaban J connectivity index is 1.50. The van der Waals surface area contributed by atoms with Crippen molar-refractivity contribution in [2.75, 3.05) is 18.0 Å². The van der Waals surface area contributed by atoms with Crippen molar-refractivity contribution in [3.8, 4) is 5.75 Å². The molecule has 34 heavy (non-hydrogen) atoms. The Bertz CT molecular complexity index is 1330. The van der Waals surface area contributed by atoms with E-state index in [-0.39, 0.29) is 22.8 Å². The highest BCUT2D eigenvalue weighted by Crippen LogP contribution is 2.32. The van der Waals surface area contributed by atoms with Gasteiger partial charge >= 0.3 is 5.97 Å². The van der Waals surface area contributed by atoms with Gasteiger partial charge in [0.05, 0.1) is 23.3 Å². The molecule has 8 heteroatoms. The van der Waals surface area contributed by atoms with Gasteiger partial charge < -0.3 is 9.47 Å². The Labute approximate surface area is 199 Å². The lowest BCUT2D eigenvalue weighted by Crippen LogP contribution is -2.35. The maximum absolute atomic E-state index is 13.3. The minimum absolute atomic E-state index is 0.0895. The predicted octanol–water partition coefficient (Wildman–Crippen LogP) is 4.40. The molecule has 1 heterocycles. The Kier molecular flexibility index (Phi) is 6.70. The number of hydrogen-bond donors (Lipinski definition) is 0. The zero-order chi connectivity index (χ0) is 24.3. The van der Waals surface area contributed by atoms with Crippen LogP contribution in [-0.2, 0) is 27.8 Å². The SMILES string of the molecule is COc1ccc(C(C)=O)cc1COC(=O)c1ccc(S(=O)(=O)N2CCCc3ccccc32)cc1. The monoisotopic (exact) mass is 479 g/mol. The smallest absolute Gasteiger partial charge is 0.338 e. The third-order valence-corrected chi connectivity index (χ3v) is 7.62. The van der Waals surface area contributed by atoms with Crippen molar-refractivity contribution in [3.05, 3.63) is 89.0 Å². The number of carbonyl (C=O) groups excluding carboxylic acids is 2. The maximum Gasteiger partial charge on any atom is 0.338 e. The first kappa shape index (κ1) is 23.5. The van der Waals surface area contributed by atoms with Gasteiger partial charge in [0.2, 0.25) is 0 Å². The molecule has 3 aromatic carbocycles. The number of para-hydroxylation sites is 1. The summed E-state index contributed by atoms with van der Waals surface area (Å²) in [6.45, 7) is 1.77. The summed E-state index contributed by atoms with van der Waals surface area (Å²) in [5.41, 5.74) is 2.97. The van der Waals surface area contributed by atoms with Crippen molar-refractivity contribution < 1.29 is 27.5 Å². The highest BCUT2D eigenvalue weighted by atomic mass is 32.2. The average Bonchev–Trinajstić information content (AvgIpc) is 2.86. The van der Waals surface area contributed by atoms with Crippen molar-refractivity contribution in [1.29, 1.82) is 0 Å². The molecule has 0 aliphatic carbocycles. The Morgan fingerprint density at radius 2 is 1.68 bits per heavy atom. The summed E-state index contributed by atoms with van der Waals surface area (Å²) in [6.07, 6.45) is 1.59. The minimum atomic E-state index is -3.76. The number of fused-ring (bicyclic) bond motifs is 1. The summed E-state index contributed by atoms with van der Waals surface area (Å²) >= 11 is 0. The first-order valence-electron chi connectivity index (χ1n) is 10.9. The summed E-state index contributed by atoms with van der Waals surface area (Å²) < 4.78 is 38.6. The molecule has 1 aliphatic heterocycles. The molecule has 4 rings (SSSR count). The first-order chi connectivity index (χ1) is 16.3. The van der Waals surface area contributed by atoms with Gasteiger partial charge in [-0.2, -0.15) is 0 Å². The van der Waals surface area contributed by atoms with Crippen LogP contribution in [0.3, 0.4) is 0 Å². The summed E-state index contributed by atoms with van der Waals surface area (Å²) in [6, 6.07) is 18.1. The van der Waals surface area contributed by atoms with Crippen LogP contribution in [0.25, 0.3) is 0 Å². The van der Waals surface area contributed by atoms with Crippen molar-refractivity contribution in [1.82, 2.24) is 0 Å². The number of nitrogens with zero attached hydrogens (tertiary/aromatic N) is 1.